The molecule has 3 rings (SSSR count). The molecule has 0 atom stereocenters. The van der Waals surface area contributed by atoms with Crippen molar-refractivity contribution in [1.29, 1.82) is 0 Å². The number of carbonyl (C=O) groups is 1. The lowest BCUT2D eigenvalue weighted by atomic mass is 10.1. The molecule has 1 aliphatic heterocycles. The summed E-state index contributed by atoms with van der Waals surface area (Å²) in [5.74, 6) is 1.07. The molecule has 0 radical (unpaired) electrons. The molecule has 2 heterocycles. The zero-order valence-corrected chi connectivity index (χ0v) is 15.5. The Hall–Kier alpha value is -3.07. The number of nitrogens with zero attached hydrogens (tertiary/aromatic N) is 3. The number of ether oxygens (including phenoxy) is 2. The molecule has 0 unspecified atom stereocenters. The van der Waals surface area contributed by atoms with Crippen LogP contribution < -0.4 is 25.5 Å². The van der Waals surface area contributed by atoms with Gasteiger partial charge in [0.2, 0.25) is 5.91 Å². The van der Waals surface area contributed by atoms with E-state index in [1.807, 2.05) is 22.8 Å². The maximum atomic E-state index is 12.2. The molecule has 8 nitrogen and oxygen atoms in total. The fraction of sp³-hybridized carbons (Fsp3) is 0.235. The Bertz CT molecular complexity index is 906. The number of nitrogens with one attached hydrogen (secondary N) is 1. The van der Waals surface area contributed by atoms with E-state index >= 15 is 0 Å². The van der Waals surface area contributed by atoms with Gasteiger partial charge in [0.1, 0.15) is 0 Å². The van der Waals surface area contributed by atoms with Crippen molar-refractivity contribution < 1.29 is 14.3 Å². The van der Waals surface area contributed by atoms with E-state index in [0.29, 0.717) is 18.0 Å². The molecule has 0 saturated heterocycles. The van der Waals surface area contributed by atoms with Crippen LogP contribution >= 0.6 is 12.2 Å². The number of carbonyl (C=O) groups excluding carboxylic acids is 1. The van der Waals surface area contributed by atoms with Crippen LogP contribution in [-0.2, 0) is 11.3 Å². The number of aromatic nitrogens is 1. The lowest BCUT2D eigenvalue weighted by Gasteiger charge is -2.31. The number of anilines is 1. The Morgan fingerprint density at radius 1 is 1.27 bits per heavy atom. The lowest BCUT2D eigenvalue weighted by Crippen LogP contribution is -2.33. The molecule has 26 heavy (non-hydrogen) atoms. The molecular formula is C17H19N5O3S. The monoisotopic (exact) mass is 373 g/mol. The quantitative estimate of drug-likeness (QED) is 0.480. The van der Waals surface area contributed by atoms with E-state index < -0.39 is 0 Å². The fourth-order valence-electron chi connectivity index (χ4n) is 2.96. The number of rotatable bonds is 4. The van der Waals surface area contributed by atoms with Crippen molar-refractivity contribution in [3.05, 3.63) is 35.7 Å². The van der Waals surface area contributed by atoms with E-state index in [9.17, 15) is 4.79 Å². The van der Waals surface area contributed by atoms with Crippen molar-refractivity contribution in [2.24, 2.45) is 10.8 Å². The molecule has 0 spiro atoms. The van der Waals surface area contributed by atoms with Gasteiger partial charge in [-0.05, 0) is 24.4 Å². The van der Waals surface area contributed by atoms with Crippen LogP contribution in [-0.4, -0.2) is 36.0 Å². The summed E-state index contributed by atoms with van der Waals surface area (Å²) in [6.07, 6.45) is 1.62. The maximum Gasteiger partial charge on any atom is 0.224 e. The summed E-state index contributed by atoms with van der Waals surface area (Å²) in [7, 11) is 3.13. The number of nitrogens with two attached hydrogens (primary N) is 1. The Kier molecular flexibility index (Phi) is 4.81. The van der Waals surface area contributed by atoms with E-state index in [2.05, 4.69) is 10.5 Å². The van der Waals surface area contributed by atoms with Gasteiger partial charge in [0.05, 0.1) is 44.0 Å². The van der Waals surface area contributed by atoms with Gasteiger partial charge in [0.15, 0.2) is 16.6 Å². The van der Waals surface area contributed by atoms with Gasteiger partial charge in [-0.15, -0.1) is 0 Å². The van der Waals surface area contributed by atoms with Crippen LogP contribution in [0.5, 0.6) is 11.5 Å². The molecule has 1 aromatic heterocycles. The zero-order valence-electron chi connectivity index (χ0n) is 14.6. The number of fused-ring (bicyclic) bond motifs is 3. The van der Waals surface area contributed by atoms with Crippen LogP contribution in [0.15, 0.2) is 29.4 Å². The number of hydrogen-bond donors (Lipinski definition) is 2. The van der Waals surface area contributed by atoms with E-state index in [0.717, 1.165) is 22.8 Å². The highest BCUT2D eigenvalue weighted by molar-refractivity contribution is 7.80. The number of hydrazone groups is 1. The summed E-state index contributed by atoms with van der Waals surface area (Å²) in [6, 6.07) is 7.49. The molecule has 0 bridgehead atoms. The highest BCUT2D eigenvalue weighted by Gasteiger charge is 2.28. The summed E-state index contributed by atoms with van der Waals surface area (Å²) in [6.45, 7) is 1.97. The van der Waals surface area contributed by atoms with Crippen LogP contribution in [0.25, 0.3) is 5.69 Å². The first-order valence-electron chi connectivity index (χ1n) is 7.80. The van der Waals surface area contributed by atoms with Gasteiger partial charge in [-0.2, -0.15) is 5.10 Å². The normalized spacial score (nSPS) is 12.5. The summed E-state index contributed by atoms with van der Waals surface area (Å²) in [5.41, 5.74) is 11.2. The molecule has 0 saturated carbocycles. The van der Waals surface area contributed by atoms with Gasteiger partial charge < -0.3 is 24.7 Å². The van der Waals surface area contributed by atoms with Gasteiger partial charge in [-0.3, -0.25) is 10.2 Å². The fourth-order valence-corrected chi connectivity index (χ4v) is 3.01. The van der Waals surface area contributed by atoms with Gasteiger partial charge in [0, 0.05) is 24.8 Å². The average molecular weight is 373 g/mol. The number of thiocarbonyl (C=S) groups is 1. The SMILES string of the molecule is COc1cc2c(cc1OC)-n1c(/C=N/NC(N)=S)ccc1CN2C(C)=O. The second kappa shape index (κ2) is 7.04. The van der Waals surface area contributed by atoms with Crippen molar-refractivity contribution in [2.75, 3.05) is 19.1 Å². The van der Waals surface area contributed by atoms with Gasteiger partial charge in [-0.1, -0.05) is 0 Å². The largest absolute Gasteiger partial charge is 0.493 e. The minimum absolute atomic E-state index is 0.0590. The van der Waals surface area contributed by atoms with Crippen molar-refractivity contribution >= 4 is 35.1 Å². The second-order valence-electron chi connectivity index (χ2n) is 5.62. The van der Waals surface area contributed by atoms with E-state index in [4.69, 9.17) is 27.4 Å². The number of hydrogen-bond acceptors (Lipinski definition) is 5. The third kappa shape index (κ3) is 3.08. The second-order valence-corrected chi connectivity index (χ2v) is 6.06. The number of methoxy groups -OCH3 is 2. The van der Waals surface area contributed by atoms with Crippen LogP contribution in [0.1, 0.15) is 18.3 Å². The number of amides is 1. The highest BCUT2D eigenvalue weighted by atomic mass is 32.1. The third-order valence-electron chi connectivity index (χ3n) is 4.08. The first kappa shape index (κ1) is 17.7. The molecule has 3 N–H and O–H groups in total. The lowest BCUT2D eigenvalue weighted by molar-refractivity contribution is -0.116. The van der Waals surface area contributed by atoms with E-state index in [-0.39, 0.29) is 11.0 Å². The van der Waals surface area contributed by atoms with Gasteiger partial charge in [0.25, 0.3) is 0 Å². The molecule has 1 aromatic carbocycles. The zero-order chi connectivity index (χ0) is 18.8. The molecule has 0 fully saturated rings. The molecule has 9 heteroatoms. The molecular weight excluding hydrogens is 354 g/mol. The molecule has 1 amide bonds. The Balaban J connectivity index is 2.17. The molecule has 1 aliphatic rings. The predicted molar refractivity (Wildman–Crippen MR) is 103 cm³/mol. The van der Waals surface area contributed by atoms with Crippen molar-refractivity contribution in [3.63, 3.8) is 0 Å². The maximum absolute atomic E-state index is 12.2. The minimum atomic E-state index is -0.0590. The summed E-state index contributed by atoms with van der Waals surface area (Å²) in [5, 5.41) is 4.11. The Morgan fingerprint density at radius 3 is 2.50 bits per heavy atom. The standard InChI is InChI=1S/C17H19N5O3S/c1-10(23)21-9-12-5-4-11(8-19-20-17(18)26)22(12)14-7-16(25-3)15(24-2)6-13(14)21/h4-8H,9H2,1-3H3,(H3,18,20,26)/b19-8+. The summed E-state index contributed by atoms with van der Waals surface area (Å²) >= 11 is 4.75. The van der Waals surface area contributed by atoms with Crippen LogP contribution in [0.3, 0.4) is 0 Å². The summed E-state index contributed by atoms with van der Waals surface area (Å²) in [4.78, 5) is 13.9. The first-order valence-corrected chi connectivity index (χ1v) is 8.20. The van der Waals surface area contributed by atoms with Crippen LogP contribution in [0.2, 0.25) is 0 Å². The van der Waals surface area contributed by atoms with Gasteiger partial charge in [-0.25, -0.2) is 0 Å². The summed E-state index contributed by atoms with van der Waals surface area (Å²) < 4.78 is 12.8. The molecule has 0 aliphatic carbocycles. The third-order valence-corrected chi connectivity index (χ3v) is 4.17. The Morgan fingerprint density at radius 2 is 1.92 bits per heavy atom. The number of benzene rings is 1. The topological polar surface area (TPSA) is 94.1 Å². The van der Waals surface area contributed by atoms with Crippen molar-refractivity contribution in [2.45, 2.75) is 13.5 Å². The average Bonchev–Trinajstić information content (AvgIpc) is 3.02. The first-order chi connectivity index (χ1) is 12.5. The molecule has 136 valence electrons. The molecule has 2 aromatic rings. The predicted octanol–water partition coefficient (Wildman–Crippen LogP) is 1.53. The highest BCUT2D eigenvalue weighted by Crippen LogP contribution is 2.41. The van der Waals surface area contributed by atoms with Crippen molar-refractivity contribution in [3.8, 4) is 17.2 Å². The van der Waals surface area contributed by atoms with E-state index in [1.165, 1.54) is 6.92 Å². The van der Waals surface area contributed by atoms with Crippen LogP contribution in [0.4, 0.5) is 5.69 Å². The van der Waals surface area contributed by atoms with Crippen molar-refractivity contribution in [1.82, 2.24) is 9.99 Å². The van der Waals surface area contributed by atoms with Gasteiger partial charge >= 0.3 is 0 Å². The van der Waals surface area contributed by atoms with Crippen LogP contribution in [0, 0.1) is 0 Å². The Labute approximate surface area is 156 Å². The minimum Gasteiger partial charge on any atom is -0.493 e. The smallest absolute Gasteiger partial charge is 0.224 e. The van der Waals surface area contributed by atoms with E-state index in [1.54, 1.807) is 31.4 Å².